The summed E-state index contributed by atoms with van der Waals surface area (Å²) in [7, 11) is 0. The van der Waals surface area contributed by atoms with E-state index in [1.807, 2.05) is 18.2 Å². The van der Waals surface area contributed by atoms with Crippen molar-refractivity contribution >= 4 is 33.9 Å². The van der Waals surface area contributed by atoms with Crippen molar-refractivity contribution in [2.45, 2.75) is 5.67 Å². The number of halogens is 2. The molecule has 1 saturated heterocycles. The summed E-state index contributed by atoms with van der Waals surface area (Å²) >= 11 is 5.69. The lowest BCUT2D eigenvalue weighted by molar-refractivity contribution is -0.146. The number of nitrogens with zero attached hydrogens (tertiary/aromatic N) is 3. The van der Waals surface area contributed by atoms with E-state index in [2.05, 4.69) is 20.3 Å². The number of ether oxygens (including phenoxy) is 2. The molecule has 25 heavy (non-hydrogen) atoms. The molecule has 0 atom stereocenters. The van der Waals surface area contributed by atoms with Crippen molar-refractivity contribution in [2.75, 3.05) is 25.1 Å². The molecule has 3 aromatic rings. The Morgan fingerprint density at radius 2 is 2.00 bits per heavy atom. The third-order valence-electron chi connectivity index (χ3n) is 3.84. The molecule has 0 aliphatic carbocycles. The van der Waals surface area contributed by atoms with Crippen LogP contribution in [0.2, 0.25) is 5.28 Å². The Morgan fingerprint density at radius 3 is 2.72 bits per heavy atom. The molecule has 0 radical (unpaired) electrons. The Hall–Kier alpha value is -2.51. The number of hydrogen-bond donors (Lipinski definition) is 1. The van der Waals surface area contributed by atoms with Gasteiger partial charge in [0.05, 0.1) is 31.3 Å². The fourth-order valence-electron chi connectivity index (χ4n) is 2.48. The zero-order valence-electron chi connectivity index (χ0n) is 13.1. The van der Waals surface area contributed by atoms with Crippen molar-refractivity contribution in [3.05, 3.63) is 48.1 Å². The van der Waals surface area contributed by atoms with Crippen molar-refractivity contribution in [1.82, 2.24) is 15.0 Å². The first-order chi connectivity index (χ1) is 12.1. The number of benzene rings is 1. The van der Waals surface area contributed by atoms with Crippen LogP contribution in [0.1, 0.15) is 0 Å². The first-order valence-electron chi connectivity index (χ1n) is 7.64. The Bertz CT molecular complexity index is 903. The summed E-state index contributed by atoms with van der Waals surface area (Å²) in [6.45, 7) is 0.153. The Labute approximate surface area is 148 Å². The lowest BCUT2D eigenvalue weighted by atomic mass is 10.1. The number of pyridine rings is 1. The predicted molar refractivity (Wildman–Crippen MR) is 92.2 cm³/mol. The number of fused-ring (bicyclic) bond motifs is 1. The van der Waals surface area contributed by atoms with Gasteiger partial charge in [-0.15, -0.1) is 0 Å². The highest BCUT2D eigenvalue weighted by atomic mass is 35.5. The molecular weight excluding hydrogens is 347 g/mol. The van der Waals surface area contributed by atoms with Gasteiger partial charge < -0.3 is 14.8 Å². The van der Waals surface area contributed by atoms with E-state index < -0.39 is 5.67 Å². The van der Waals surface area contributed by atoms with Crippen molar-refractivity contribution < 1.29 is 13.9 Å². The average molecular weight is 361 g/mol. The second kappa shape index (κ2) is 6.42. The topological polar surface area (TPSA) is 69.2 Å². The van der Waals surface area contributed by atoms with Crippen LogP contribution in [0.4, 0.5) is 15.9 Å². The zero-order chi connectivity index (χ0) is 17.3. The number of nitrogens with one attached hydrogen (secondary N) is 1. The summed E-state index contributed by atoms with van der Waals surface area (Å²) in [6, 6.07) is 7.38. The number of hydrogen-bond acceptors (Lipinski definition) is 6. The zero-order valence-corrected chi connectivity index (χ0v) is 13.8. The van der Waals surface area contributed by atoms with Gasteiger partial charge in [-0.2, -0.15) is 0 Å². The number of aromatic nitrogens is 3. The smallest absolute Gasteiger partial charge is 0.222 e. The van der Waals surface area contributed by atoms with Crippen LogP contribution in [-0.4, -0.2) is 40.4 Å². The molecule has 0 saturated carbocycles. The lowest BCUT2D eigenvalue weighted by Crippen LogP contribution is -2.50. The van der Waals surface area contributed by atoms with E-state index >= 15 is 0 Å². The molecule has 128 valence electrons. The molecule has 4 rings (SSSR count). The van der Waals surface area contributed by atoms with Gasteiger partial charge in [-0.05, 0) is 41.3 Å². The summed E-state index contributed by atoms with van der Waals surface area (Å²) < 4.78 is 24.4. The van der Waals surface area contributed by atoms with Crippen LogP contribution in [0, 0.1) is 0 Å². The molecule has 0 bridgehead atoms. The summed E-state index contributed by atoms with van der Waals surface area (Å²) in [6.07, 6.45) is 4.84. The van der Waals surface area contributed by atoms with E-state index in [1.54, 1.807) is 24.7 Å². The number of anilines is 2. The molecule has 8 heteroatoms. The highest BCUT2D eigenvalue weighted by molar-refractivity contribution is 6.28. The van der Waals surface area contributed by atoms with Crippen LogP contribution >= 0.6 is 11.6 Å². The molecule has 6 nitrogen and oxygen atoms in total. The normalized spacial score (nSPS) is 15.6. The summed E-state index contributed by atoms with van der Waals surface area (Å²) in [5, 5.41) is 5.15. The van der Waals surface area contributed by atoms with Crippen LogP contribution in [0.25, 0.3) is 10.8 Å². The van der Waals surface area contributed by atoms with Gasteiger partial charge in [-0.3, -0.25) is 0 Å². The van der Waals surface area contributed by atoms with E-state index in [0.717, 1.165) is 10.8 Å². The van der Waals surface area contributed by atoms with E-state index in [-0.39, 0.29) is 25.1 Å². The summed E-state index contributed by atoms with van der Waals surface area (Å²) in [5.41, 5.74) is -0.705. The number of alkyl halides is 1. The first-order valence-corrected chi connectivity index (χ1v) is 8.02. The fraction of sp³-hybridized carbons (Fsp3) is 0.235. The fourth-order valence-corrected chi connectivity index (χ4v) is 2.58. The van der Waals surface area contributed by atoms with Gasteiger partial charge in [0.1, 0.15) is 18.2 Å². The summed E-state index contributed by atoms with van der Waals surface area (Å²) in [5.74, 6) is 1.26. The van der Waals surface area contributed by atoms with E-state index in [0.29, 0.717) is 17.3 Å². The SMILES string of the molecule is FC1(COc2ccc3c(Nc4cnc(Cl)nc4)nccc3c2)COC1. The quantitative estimate of drug-likeness (QED) is 0.702. The van der Waals surface area contributed by atoms with Crippen molar-refractivity contribution in [3.63, 3.8) is 0 Å². The second-order valence-electron chi connectivity index (χ2n) is 5.84. The van der Waals surface area contributed by atoms with Crippen LogP contribution in [0.15, 0.2) is 42.9 Å². The molecule has 0 unspecified atom stereocenters. The maximum Gasteiger partial charge on any atom is 0.222 e. The standard InChI is InChI=1S/C17H14ClFN4O2/c18-16-21-6-12(7-22-16)23-15-14-2-1-13(5-11(14)3-4-20-15)25-10-17(19)8-24-9-17/h1-7H,8-10H2,(H,20,23). The molecule has 3 heterocycles. The molecule has 2 aromatic heterocycles. The largest absolute Gasteiger partial charge is 0.490 e. The Balaban J connectivity index is 1.55. The van der Waals surface area contributed by atoms with Gasteiger partial charge in [0.15, 0.2) is 5.67 Å². The highest BCUT2D eigenvalue weighted by Gasteiger charge is 2.39. The van der Waals surface area contributed by atoms with E-state index in [4.69, 9.17) is 21.1 Å². The Morgan fingerprint density at radius 1 is 1.20 bits per heavy atom. The van der Waals surface area contributed by atoms with Crippen LogP contribution in [-0.2, 0) is 4.74 Å². The third kappa shape index (κ3) is 3.47. The minimum atomic E-state index is -1.38. The molecule has 1 aliphatic rings. The van der Waals surface area contributed by atoms with Crippen LogP contribution < -0.4 is 10.1 Å². The molecule has 1 fully saturated rings. The second-order valence-corrected chi connectivity index (χ2v) is 6.18. The van der Waals surface area contributed by atoms with E-state index in [9.17, 15) is 4.39 Å². The van der Waals surface area contributed by atoms with Crippen molar-refractivity contribution in [3.8, 4) is 5.75 Å². The molecule has 1 aromatic carbocycles. The minimum absolute atomic E-state index is 0.0171. The molecule has 1 N–H and O–H groups in total. The van der Waals surface area contributed by atoms with Gasteiger partial charge in [-0.25, -0.2) is 19.3 Å². The van der Waals surface area contributed by atoms with E-state index in [1.165, 1.54) is 0 Å². The van der Waals surface area contributed by atoms with Gasteiger partial charge in [-0.1, -0.05) is 0 Å². The molecular formula is C17H14ClFN4O2. The van der Waals surface area contributed by atoms with Gasteiger partial charge in [0.25, 0.3) is 0 Å². The molecule has 1 aliphatic heterocycles. The first kappa shape index (κ1) is 16.0. The Kier molecular flexibility index (Phi) is 4.10. The van der Waals surface area contributed by atoms with Gasteiger partial charge in [0, 0.05) is 11.6 Å². The van der Waals surface area contributed by atoms with Crippen molar-refractivity contribution in [2.24, 2.45) is 0 Å². The van der Waals surface area contributed by atoms with Crippen LogP contribution in [0.3, 0.4) is 0 Å². The third-order valence-corrected chi connectivity index (χ3v) is 4.03. The van der Waals surface area contributed by atoms with Crippen molar-refractivity contribution in [1.29, 1.82) is 0 Å². The predicted octanol–water partition coefficient (Wildman–Crippen LogP) is 3.54. The van der Waals surface area contributed by atoms with Gasteiger partial charge in [0.2, 0.25) is 5.28 Å². The highest BCUT2D eigenvalue weighted by Crippen LogP contribution is 2.29. The molecule has 0 amide bonds. The maximum absolute atomic E-state index is 13.9. The number of rotatable bonds is 5. The monoisotopic (exact) mass is 360 g/mol. The van der Waals surface area contributed by atoms with Gasteiger partial charge >= 0.3 is 0 Å². The van der Waals surface area contributed by atoms with Crippen LogP contribution in [0.5, 0.6) is 5.75 Å². The molecule has 0 spiro atoms. The maximum atomic E-state index is 13.9. The summed E-state index contributed by atoms with van der Waals surface area (Å²) in [4.78, 5) is 12.2. The average Bonchev–Trinajstić information content (AvgIpc) is 2.60. The minimum Gasteiger partial charge on any atom is -0.490 e. The lowest BCUT2D eigenvalue weighted by Gasteiger charge is -2.33.